The molecule has 2 aliphatic heterocycles. The van der Waals surface area contributed by atoms with Gasteiger partial charge in [-0.05, 0) is 68.9 Å². The molecular weight excluding hydrogens is 324 g/mol. The third-order valence-electron chi connectivity index (χ3n) is 5.74. The minimum atomic E-state index is 0.178. The summed E-state index contributed by atoms with van der Waals surface area (Å²) in [6.45, 7) is 10.5. The summed E-state index contributed by atoms with van der Waals surface area (Å²) in [5.41, 5.74) is 1.35. The van der Waals surface area contributed by atoms with E-state index in [4.69, 9.17) is 0 Å². The molecule has 5 heteroatoms. The maximum Gasteiger partial charge on any atom is 0.224 e. The molecule has 1 atom stereocenters. The number of nitrogens with one attached hydrogen (secondary N) is 1. The summed E-state index contributed by atoms with van der Waals surface area (Å²) in [4.78, 5) is 21.7. The van der Waals surface area contributed by atoms with Crippen molar-refractivity contribution in [2.75, 3.05) is 32.7 Å². The smallest absolute Gasteiger partial charge is 0.224 e. The average molecular weight is 359 g/mol. The van der Waals surface area contributed by atoms with Gasteiger partial charge in [0.25, 0.3) is 0 Å². The number of likely N-dealkylation sites (tertiary alicyclic amines) is 2. The second-order valence-electron chi connectivity index (χ2n) is 8.34. The predicted octanol–water partition coefficient (Wildman–Crippen LogP) is 2.53. The van der Waals surface area contributed by atoms with Crippen LogP contribution in [-0.2, 0) is 11.3 Å². The first-order valence-electron chi connectivity index (χ1n) is 10.2. The minimum absolute atomic E-state index is 0.178. The van der Waals surface area contributed by atoms with Crippen molar-refractivity contribution < 1.29 is 4.79 Å². The number of carbonyl (C=O) groups excluding carboxylic acids is 1. The van der Waals surface area contributed by atoms with Gasteiger partial charge in [0.2, 0.25) is 5.91 Å². The summed E-state index contributed by atoms with van der Waals surface area (Å²) in [5, 5.41) is 3.13. The highest BCUT2D eigenvalue weighted by Gasteiger charge is 2.31. The molecule has 26 heavy (non-hydrogen) atoms. The largest absolute Gasteiger partial charge is 0.356 e. The Morgan fingerprint density at radius 2 is 1.92 bits per heavy atom. The normalized spacial score (nSPS) is 23.3. The highest BCUT2D eigenvalue weighted by Crippen LogP contribution is 2.24. The molecule has 2 aliphatic rings. The van der Waals surface area contributed by atoms with Crippen LogP contribution in [0.15, 0.2) is 24.5 Å². The monoisotopic (exact) mass is 358 g/mol. The van der Waals surface area contributed by atoms with Gasteiger partial charge in [0.1, 0.15) is 0 Å². The van der Waals surface area contributed by atoms with Crippen LogP contribution in [0.4, 0.5) is 0 Å². The second kappa shape index (κ2) is 9.47. The van der Waals surface area contributed by atoms with Gasteiger partial charge >= 0.3 is 0 Å². The quantitative estimate of drug-likeness (QED) is 0.849. The summed E-state index contributed by atoms with van der Waals surface area (Å²) in [7, 11) is 0. The zero-order chi connectivity index (χ0) is 18.4. The van der Waals surface area contributed by atoms with Crippen LogP contribution in [-0.4, -0.2) is 59.5 Å². The number of hydrogen-bond donors (Lipinski definition) is 1. The van der Waals surface area contributed by atoms with E-state index in [1.807, 2.05) is 12.4 Å². The molecule has 2 fully saturated rings. The zero-order valence-electron chi connectivity index (χ0n) is 16.4. The number of nitrogens with zero attached hydrogens (tertiary/aromatic N) is 3. The van der Waals surface area contributed by atoms with E-state index >= 15 is 0 Å². The first-order chi connectivity index (χ1) is 12.6. The van der Waals surface area contributed by atoms with E-state index < -0.39 is 0 Å². The van der Waals surface area contributed by atoms with Crippen LogP contribution in [0.25, 0.3) is 0 Å². The fourth-order valence-electron chi connectivity index (χ4n) is 4.19. The third-order valence-corrected chi connectivity index (χ3v) is 5.74. The van der Waals surface area contributed by atoms with Crippen molar-refractivity contribution in [3.8, 4) is 0 Å². The Labute approximate surface area is 158 Å². The van der Waals surface area contributed by atoms with Crippen LogP contribution in [0.2, 0.25) is 0 Å². The van der Waals surface area contributed by atoms with Crippen LogP contribution in [0.1, 0.15) is 45.1 Å². The Bertz CT molecular complexity index is 554. The molecular formula is C21H34N4O. The molecule has 0 aromatic carbocycles. The number of rotatable bonds is 6. The number of hydrogen-bond acceptors (Lipinski definition) is 4. The highest BCUT2D eigenvalue weighted by atomic mass is 16.1. The Morgan fingerprint density at radius 1 is 1.19 bits per heavy atom. The van der Waals surface area contributed by atoms with Crippen molar-refractivity contribution in [3.05, 3.63) is 30.1 Å². The van der Waals surface area contributed by atoms with Gasteiger partial charge in [-0.2, -0.15) is 0 Å². The Kier molecular flexibility index (Phi) is 7.03. The summed E-state index contributed by atoms with van der Waals surface area (Å²) in [6, 6.07) is 4.86. The number of amides is 1. The molecule has 0 bridgehead atoms. The van der Waals surface area contributed by atoms with Crippen LogP contribution in [0, 0.1) is 11.8 Å². The van der Waals surface area contributed by atoms with E-state index in [2.05, 4.69) is 46.1 Å². The molecule has 0 radical (unpaired) electrons. The van der Waals surface area contributed by atoms with E-state index in [9.17, 15) is 4.79 Å². The van der Waals surface area contributed by atoms with Gasteiger partial charge in [-0.1, -0.05) is 13.8 Å². The van der Waals surface area contributed by atoms with E-state index in [1.54, 1.807) is 0 Å². The zero-order valence-corrected chi connectivity index (χ0v) is 16.4. The van der Waals surface area contributed by atoms with Crippen molar-refractivity contribution >= 4 is 5.91 Å². The number of pyridine rings is 1. The van der Waals surface area contributed by atoms with Crippen LogP contribution in [0.3, 0.4) is 0 Å². The Hall–Kier alpha value is -1.46. The van der Waals surface area contributed by atoms with Gasteiger partial charge in [-0.15, -0.1) is 0 Å². The molecule has 1 aromatic rings. The molecule has 1 aromatic heterocycles. The van der Waals surface area contributed by atoms with E-state index in [1.165, 1.54) is 18.4 Å². The van der Waals surface area contributed by atoms with Crippen molar-refractivity contribution in [1.82, 2.24) is 20.1 Å². The number of piperidine rings is 2. The lowest BCUT2D eigenvalue weighted by atomic mass is 9.93. The summed E-state index contributed by atoms with van der Waals surface area (Å²) in [5.74, 6) is 0.958. The van der Waals surface area contributed by atoms with Crippen LogP contribution < -0.4 is 5.32 Å². The van der Waals surface area contributed by atoms with Gasteiger partial charge in [0, 0.05) is 38.1 Å². The maximum atomic E-state index is 12.4. The average Bonchev–Trinajstić information content (AvgIpc) is 2.67. The van der Waals surface area contributed by atoms with Crippen molar-refractivity contribution in [2.24, 2.45) is 11.8 Å². The minimum Gasteiger partial charge on any atom is -0.356 e. The first-order valence-corrected chi connectivity index (χ1v) is 10.2. The Balaban J connectivity index is 1.44. The van der Waals surface area contributed by atoms with Crippen molar-refractivity contribution in [2.45, 2.75) is 52.1 Å². The summed E-state index contributed by atoms with van der Waals surface area (Å²) in [6.07, 6.45) is 8.37. The van der Waals surface area contributed by atoms with Gasteiger partial charge in [0.15, 0.2) is 0 Å². The van der Waals surface area contributed by atoms with Crippen molar-refractivity contribution in [1.29, 1.82) is 0 Å². The van der Waals surface area contributed by atoms with E-state index in [-0.39, 0.29) is 11.8 Å². The first kappa shape index (κ1) is 19.3. The second-order valence-corrected chi connectivity index (χ2v) is 8.34. The maximum absolute atomic E-state index is 12.4. The van der Waals surface area contributed by atoms with Gasteiger partial charge in [0.05, 0.1) is 5.92 Å². The molecule has 144 valence electrons. The van der Waals surface area contributed by atoms with Crippen LogP contribution in [0.5, 0.6) is 0 Å². The molecule has 0 unspecified atom stereocenters. The summed E-state index contributed by atoms with van der Waals surface area (Å²) < 4.78 is 0. The molecule has 5 nitrogen and oxygen atoms in total. The number of carbonyl (C=O) groups is 1. The van der Waals surface area contributed by atoms with Crippen LogP contribution >= 0.6 is 0 Å². The lowest BCUT2D eigenvalue weighted by Gasteiger charge is -2.42. The fraction of sp³-hybridized carbons (Fsp3) is 0.714. The lowest BCUT2D eigenvalue weighted by molar-refractivity contribution is -0.127. The fourth-order valence-corrected chi connectivity index (χ4v) is 4.19. The SMILES string of the molecule is CC(C)CNC(=O)[C@H]1CCCN(C2CCN(Cc3ccncc3)CC2)C1. The van der Waals surface area contributed by atoms with Crippen molar-refractivity contribution in [3.63, 3.8) is 0 Å². The van der Waals surface area contributed by atoms with Gasteiger partial charge in [-0.25, -0.2) is 0 Å². The molecule has 3 heterocycles. The highest BCUT2D eigenvalue weighted by molar-refractivity contribution is 5.78. The van der Waals surface area contributed by atoms with Gasteiger partial charge < -0.3 is 5.32 Å². The topological polar surface area (TPSA) is 48.5 Å². The predicted molar refractivity (Wildman–Crippen MR) is 105 cm³/mol. The third kappa shape index (κ3) is 5.52. The molecule has 1 amide bonds. The molecule has 0 spiro atoms. The lowest BCUT2D eigenvalue weighted by Crippen LogP contribution is -2.50. The molecule has 2 saturated heterocycles. The molecule has 0 aliphatic carbocycles. The summed E-state index contributed by atoms with van der Waals surface area (Å²) >= 11 is 0. The molecule has 3 rings (SSSR count). The molecule has 0 saturated carbocycles. The Morgan fingerprint density at radius 3 is 2.62 bits per heavy atom. The van der Waals surface area contributed by atoms with E-state index in [0.717, 1.165) is 52.1 Å². The van der Waals surface area contributed by atoms with Gasteiger partial charge in [-0.3, -0.25) is 19.6 Å². The van der Waals surface area contributed by atoms with E-state index in [0.29, 0.717) is 12.0 Å². The standard InChI is InChI=1S/C21H34N4O/c1-17(2)14-23-21(26)19-4-3-11-25(16-19)20-7-12-24(13-8-20)15-18-5-9-22-10-6-18/h5-6,9-10,17,19-20H,3-4,7-8,11-16H2,1-2H3,(H,23,26)/t19-/m0/s1. The number of aromatic nitrogens is 1. The molecule has 1 N–H and O–H groups in total.